The van der Waals surface area contributed by atoms with Crippen LogP contribution in [0.5, 0.6) is 5.75 Å². The topological polar surface area (TPSA) is 64.4 Å². The highest BCUT2D eigenvalue weighted by atomic mass is 16.5. The standard InChI is InChI=1S/C23H20N2O3/c1-14-11-15(2)21-20(12-14)25-23(28-21)17-5-4-6-18(13-17)24-22(26)16-7-9-19(27-3)10-8-16/h4-13H,1-3H3,(H,24,26). The zero-order chi connectivity index (χ0) is 19.7. The molecule has 0 radical (unpaired) electrons. The van der Waals surface area contributed by atoms with Gasteiger partial charge < -0.3 is 14.5 Å². The highest BCUT2D eigenvalue weighted by molar-refractivity contribution is 6.04. The van der Waals surface area contributed by atoms with Crippen molar-refractivity contribution in [2.45, 2.75) is 13.8 Å². The number of fused-ring (bicyclic) bond motifs is 1. The summed E-state index contributed by atoms with van der Waals surface area (Å²) in [6.45, 7) is 4.05. The number of nitrogens with one attached hydrogen (secondary N) is 1. The molecule has 28 heavy (non-hydrogen) atoms. The second-order valence-electron chi connectivity index (χ2n) is 6.71. The Labute approximate surface area is 163 Å². The summed E-state index contributed by atoms with van der Waals surface area (Å²) in [7, 11) is 1.59. The molecule has 1 heterocycles. The third-order valence-electron chi connectivity index (χ3n) is 4.54. The summed E-state index contributed by atoms with van der Waals surface area (Å²) in [5, 5.41) is 2.91. The SMILES string of the molecule is COc1ccc(C(=O)Nc2cccc(-c3nc4cc(C)cc(C)c4o3)c2)cc1. The maximum Gasteiger partial charge on any atom is 0.255 e. The van der Waals surface area contributed by atoms with E-state index in [1.54, 1.807) is 31.4 Å². The first-order chi connectivity index (χ1) is 13.5. The molecule has 0 fully saturated rings. The van der Waals surface area contributed by atoms with Crippen LogP contribution < -0.4 is 10.1 Å². The maximum absolute atomic E-state index is 12.5. The molecule has 1 N–H and O–H groups in total. The van der Waals surface area contributed by atoms with E-state index in [2.05, 4.69) is 16.4 Å². The lowest BCUT2D eigenvalue weighted by Crippen LogP contribution is -2.11. The van der Waals surface area contributed by atoms with Gasteiger partial charge in [0.25, 0.3) is 5.91 Å². The molecule has 0 saturated heterocycles. The van der Waals surface area contributed by atoms with Crippen molar-refractivity contribution in [3.05, 3.63) is 77.4 Å². The lowest BCUT2D eigenvalue weighted by Gasteiger charge is -2.07. The zero-order valence-electron chi connectivity index (χ0n) is 15.9. The van der Waals surface area contributed by atoms with Gasteiger partial charge in [-0.3, -0.25) is 4.79 Å². The summed E-state index contributed by atoms with van der Waals surface area (Å²) in [4.78, 5) is 17.1. The van der Waals surface area contributed by atoms with E-state index in [4.69, 9.17) is 9.15 Å². The van der Waals surface area contributed by atoms with E-state index >= 15 is 0 Å². The van der Waals surface area contributed by atoms with E-state index < -0.39 is 0 Å². The van der Waals surface area contributed by atoms with Crippen LogP contribution in [0.3, 0.4) is 0 Å². The van der Waals surface area contributed by atoms with E-state index in [0.29, 0.717) is 22.9 Å². The first kappa shape index (κ1) is 17.8. The Morgan fingerprint density at radius 2 is 1.82 bits per heavy atom. The van der Waals surface area contributed by atoms with Crippen LogP contribution in [0.4, 0.5) is 5.69 Å². The van der Waals surface area contributed by atoms with Gasteiger partial charge in [-0.1, -0.05) is 12.1 Å². The molecule has 1 amide bonds. The number of carbonyl (C=O) groups excluding carboxylic acids is 1. The fraction of sp³-hybridized carbons (Fsp3) is 0.130. The van der Waals surface area contributed by atoms with Gasteiger partial charge in [0.2, 0.25) is 5.89 Å². The van der Waals surface area contributed by atoms with Crippen molar-refractivity contribution in [2.24, 2.45) is 0 Å². The molecule has 0 aliphatic heterocycles. The van der Waals surface area contributed by atoms with Gasteiger partial charge in [-0.15, -0.1) is 0 Å². The Kier molecular flexibility index (Phi) is 4.57. The van der Waals surface area contributed by atoms with Crippen LogP contribution in [0.1, 0.15) is 21.5 Å². The molecule has 0 aliphatic carbocycles. The number of amides is 1. The lowest BCUT2D eigenvalue weighted by atomic mass is 10.1. The molecule has 5 nitrogen and oxygen atoms in total. The minimum absolute atomic E-state index is 0.191. The Bertz CT molecular complexity index is 1160. The minimum Gasteiger partial charge on any atom is -0.497 e. The summed E-state index contributed by atoms with van der Waals surface area (Å²) >= 11 is 0. The van der Waals surface area contributed by atoms with Gasteiger partial charge in [0.15, 0.2) is 5.58 Å². The first-order valence-corrected chi connectivity index (χ1v) is 8.97. The smallest absolute Gasteiger partial charge is 0.255 e. The minimum atomic E-state index is -0.191. The fourth-order valence-corrected chi connectivity index (χ4v) is 3.18. The second-order valence-corrected chi connectivity index (χ2v) is 6.71. The van der Waals surface area contributed by atoms with Crippen molar-refractivity contribution in [3.63, 3.8) is 0 Å². The first-order valence-electron chi connectivity index (χ1n) is 8.97. The van der Waals surface area contributed by atoms with Crippen molar-refractivity contribution in [2.75, 3.05) is 12.4 Å². The van der Waals surface area contributed by atoms with Crippen LogP contribution in [-0.4, -0.2) is 18.0 Å². The van der Waals surface area contributed by atoms with Crippen molar-refractivity contribution in [3.8, 4) is 17.2 Å². The number of carbonyl (C=O) groups is 1. The molecule has 140 valence electrons. The van der Waals surface area contributed by atoms with Gasteiger partial charge in [0.1, 0.15) is 11.3 Å². The number of hydrogen-bond donors (Lipinski definition) is 1. The number of hydrogen-bond acceptors (Lipinski definition) is 4. The third kappa shape index (κ3) is 3.47. The molecule has 5 heteroatoms. The molecule has 1 aromatic heterocycles. The van der Waals surface area contributed by atoms with E-state index in [9.17, 15) is 4.79 Å². The molecule has 0 bridgehead atoms. The van der Waals surface area contributed by atoms with Crippen LogP contribution in [0.15, 0.2) is 65.1 Å². The van der Waals surface area contributed by atoms with E-state index in [-0.39, 0.29) is 5.91 Å². The Morgan fingerprint density at radius 3 is 2.57 bits per heavy atom. The summed E-state index contributed by atoms with van der Waals surface area (Å²) in [5.74, 6) is 1.05. The number of benzene rings is 3. The average molecular weight is 372 g/mol. The number of nitrogens with zero attached hydrogens (tertiary/aromatic N) is 1. The Balaban J connectivity index is 1.60. The van der Waals surface area contributed by atoms with Gasteiger partial charge in [-0.25, -0.2) is 4.98 Å². The van der Waals surface area contributed by atoms with Crippen LogP contribution in [0.25, 0.3) is 22.6 Å². The molecule has 0 saturated carbocycles. The van der Waals surface area contributed by atoms with Crippen molar-refractivity contribution in [1.29, 1.82) is 0 Å². The van der Waals surface area contributed by atoms with Crippen molar-refractivity contribution < 1.29 is 13.9 Å². The zero-order valence-corrected chi connectivity index (χ0v) is 15.9. The van der Waals surface area contributed by atoms with Crippen LogP contribution >= 0.6 is 0 Å². The molecule has 0 aliphatic rings. The summed E-state index contributed by atoms with van der Waals surface area (Å²) in [6, 6.07) is 18.5. The molecule has 3 aromatic carbocycles. The number of oxazole rings is 1. The Morgan fingerprint density at radius 1 is 1.04 bits per heavy atom. The van der Waals surface area contributed by atoms with Gasteiger partial charge in [-0.2, -0.15) is 0 Å². The average Bonchev–Trinajstić information content (AvgIpc) is 3.13. The normalized spacial score (nSPS) is 10.8. The maximum atomic E-state index is 12.5. The van der Waals surface area contributed by atoms with Crippen LogP contribution in [0, 0.1) is 13.8 Å². The summed E-state index contributed by atoms with van der Waals surface area (Å²) in [6.07, 6.45) is 0. The predicted molar refractivity (Wildman–Crippen MR) is 110 cm³/mol. The number of aryl methyl sites for hydroxylation is 2. The van der Waals surface area contributed by atoms with Gasteiger partial charge in [0.05, 0.1) is 7.11 Å². The van der Waals surface area contributed by atoms with Crippen molar-refractivity contribution >= 4 is 22.7 Å². The lowest BCUT2D eigenvalue weighted by molar-refractivity contribution is 0.102. The van der Waals surface area contributed by atoms with Gasteiger partial charge in [-0.05, 0) is 73.5 Å². The van der Waals surface area contributed by atoms with Gasteiger partial charge >= 0.3 is 0 Å². The third-order valence-corrected chi connectivity index (χ3v) is 4.54. The monoisotopic (exact) mass is 372 g/mol. The van der Waals surface area contributed by atoms with Crippen molar-refractivity contribution in [1.82, 2.24) is 4.98 Å². The highest BCUT2D eigenvalue weighted by Gasteiger charge is 2.12. The second kappa shape index (κ2) is 7.19. The largest absolute Gasteiger partial charge is 0.497 e. The van der Waals surface area contributed by atoms with Crippen LogP contribution in [0.2, 0.25) is 0 Å². The number of methoxy groups -OCH3 is 1. The molecular formula is C23H20N2O3. The van der Waals surface area contributed by atoms with E-state index in [0.717, 1.165) is 27.8 Å². The molecular weight excluding hydrogens is 352 g/mol. The van der Waals surface area contributed by atoms with Gasteiger partial charge in [0, 0.05) is 16.8 Å². The van der Waals surface area contributed by atoms with Crippen LogP contribution in [-0.2, 0) is 0 Å². The highest BCUT2D eigenvalue weighted by Crippen LogP contribution is 2.29. The number of aromatic nitrogens is 1. The quantitative estimate of drug-likeness (QED) is 0.523. The molecule has 4 aromatic rings. The molecule has 0 unspecified atom stereocenters. The Hall–Kier alpha value is -3.60. The van der Waals surface area contributed by atoms with E-state index in [1.165, 1.54) is 0 Å². The summed E-state index contributed by atoms with van der Waals surface area (Å²) in [5.41, 5.74) is 5.85. The summed E-state index contributed by atoms with van der Waals surface area (Å²) < 4.78 is 11.1. The molecule has 0 spiro atoms. The predicted octanol–water partition coefficient (Wildman–Crippen LogP) is 5.37. The number of anilines is 1. The fourth-order valence-electron chi connectivity index (χ4n) is 3.18. The number of ether oxygens (including phenoxy) is 1. The molecule has 4 rings (SSSR count). The number of rotatable bonds is 4. The van der Waals surface area contributed by atoms with E-state index in [1.807, 2.05) is 44.2 Å². The molecule has 0 atom stereocenters.